The molecule has 0 radical (unpaired) electrons. The molecule has 2 aliphatic heterocycles. The Bertz CT molecular complexity index is 682. The molecule has 8 heteroatoms. The predicted octanol–water partition coefficient (Wildman–Crippen LogP) is 1.65. The second-order valence-electron chi connectivity index (χ2n) is 8.59. The van der Waals surface area contributed by atoms with Crippen molar-refractivity contribution in [2.24, 2.45) is 0 Å². The zero-order valence-electron chi connectivity index (χ0n) is 18.2. The van der Waals surface area contributed by atoms with Crippen molar-refractivity contribution in [1.82, 2.24) is 29.4 Å². The predicted molar refractivity (Wildman–Crippen MR) is 113 cm³/mol. The van der Waals surface area contributed by atoms with Gasteiger partial charge in [0, 0.05) is 59.4 Å². The van der Waals surface area contributed by atoms with Crippen LogP contribution in [0.3, 0.4) is 0 Å². The van der Waals surface area contributed by atoms with E-state index in [1.54, 1.807) is 19.0 Å². The molecule has 3 heterocycles. The van der Waals surface area contributed by atoms with Crippen LogP contribution in [0.2, 0.25) is 0 Å². The Kier molecular flexibility index (Phi) is 7.52. The van der Waals surface area contributed by atoms with Gasteiger partial charge in [-0.3, -0.25) is 9.48 Å². The highest BCUT2D eigenvalue weighted by Crippen LogP contribution is 2.19. The zero-order valence-corrected chi connectivity index (χ0v) is 18.2. The second kappa shape index (κ2) is 10.1. The molecule has 2 fully saturated rings. The number of amides is 3. The lowest BCUT2D eigenvalue weighted by molar-refractivity contribution is -0.130. The molecule has 1 aromatic heterocycles. The summed E-state index contributed by atoms with van der Waals surface area (Å²) in [5.74, 6) is 0.147. The number of likely N-dealkylation sites (tertiary alicyclic amines) is 2. The van der Waals surface area contributed by atoms with Gasteiger partial charge in [-0.2, -0.15) is 5.10 Å². The summed E-state index contributed by atoms with van der Waals surface area (Å²) in [4.78, 5) is 33.5. The summed E-state index contributed by atoms with van der Waals surface area (Å²) in [6, 6.07) is 0.152. The van der Waals surface area contributed by atoms with Gasteiger partial charge < -0.3 is 19.6 Å². The number of aromatic nitrogens is 2. The number of carbonyl (C=O) groups is 2. The molecule has 0 aromatic carbocycles. The van der Waals surface area contributed by atoms with Crippen molar-refractivity contribution in [3.8, 4) is 0 Å². The third kappa shape index (κ3) is 5.95. The lowest BCUT2D eigenvalue weighted by atomic mass is 10.1. The number of piperidine rings is 1. The van der Waals surface area contributed by atoms with Crippen LogP contribution >= 0.6 is 0 Å². The van der Waals surface area contributed by atoms with E-state index in [0.29, 0.717) is 19.5 Å². The molecular formula is C21H36N6O2. The van der Waals surface area contributed by atoms with Gasteiger partial charge in [0.2, 0.25) is 5.91 Å². The minimum Gasteiger partial charge on any atom is -0.340 e. The molecular weight excluding hydrogens is 368 g/mol. The molecule has 1 aromatic rings. The summed E-state index contributed by atoms with van der Waals surface area (Å²) >= 11 is 0. The Balaban J connectivity index is 1.52. The lowest BCUT2D eigenvalue weighted by Gasteiger charge is -2.34. The number of hydrogen-bond acceptors (Lipinski definition) is 4. The largest absolute Gasteiger partial charge is 0.340 e. The second-order valence-corrected chi connectivity index (χ2v) is 8.59. The standard InChI is InChI=1S/C21H36N6O2/c1-18-15-22-26(16-18)12-8-20(28)25-11-7-19(17-25)27(21(29)23(2)3)14-13-24-9-5-4-6-10-24/h15-16,19H,4-14,17H2,1-3H3. The van der Waals surface area contributed by atoms with Gasteiger partial charge in [-0.25, -0.2) is 4.79 Å². The van der Waals surface area contributed by atoms with Gasteiger partial charge in [0.05, 0.1) is 12.2 Å². The molecule has 3 rings (SSSR count). The Labute approximate surface area is 174 Å². The Morgan fingerprint density at radius 2 is 1.90 bits per heavy atom. The van der Waals surface area contributed by atoms with E-state index in [1.165, 1.54) is 19.3 Å². The summed E-state index contributed by atoms with van der Waals surface area (Å²) in [6.07, 6.45) is 8.89. The van der Waals surface area contributed by atoms with Crippen LogP contribution < -0.4 is 0 Å². The van der Waals surface area contributed by atoms with E-state index in [0.717, 1.165) is 44.7 Å². The highest BCUT2D eigenvalue weighted by atomic mass is 16.2. The first-order chi connectivity index (χ1) is 13.9. The van der Waals surface area contributed by atoms with Crippen LogP contribution in [-0.2, 0) is 11.3 Å². The van der Waals surface area contributed by atoms with Gasteiger partial charge in [-0.05, 0) is 44.8 Å². The molecule has 0 N–H and O–H groups in total. The third-order valence-corrected chi connectivity index (χ3v) is 6.01. The molecule has 0 bridgehead atoms. The fourth-order valence-electron chi connectivity index (χ4n) is 4.30. The van der Waals surface area contributed by atoms with Crippen LogP contribution in [0.5, 0.6) is 0 Å². The summed E-state index contributed by atoms with van der Waals surface area (Å²) in [7, 11) is 3.61. The van der Waals surface area contributed by atoms with Crippen LogP contribution in [-0.4, -0.2) is 101 Å². The molecule has 1 unspecified atom stereocenters. The van der Waals surface area contributed by atoms with Crippen molar-refractivity contribution in [3.05, 3.63) is 18.0 Å². The highest BCUT2D eigenvalue weighted by molar-refractivity contribution is 5.77. The number of nitrogens with zero attached hydrogens (tertiary/aromatic N) is 6. The molecule has 2 aliphatic rings. The maximum absolute atomic E-state index is 12.8. The Morgan fingerprint density at radius 1 is 1.14 bits per heavy atom. The molecule has 2 saturated heterocycles. The smallest absolute Gasteiger partial charge is 0.319 e. The summed E-state index contributed by atoms with van der Waals surface area (Å²) in [5.41, 5.74) is 1.10. The first-order valence-corrected chi connectivity index (χ1v) is 10.9. The first-order valence-electron chi connectivity index (χ1n) is 10.9. The number of aryl methyl sites for hydroxylation is 2. The quantitative estimate of drug-likeness (QED) is 0.693. The maximum Gasteiger partial charge on any atom is 0.319 e. The van der Waals surface area contributed by atoms with Crippen molar-refractivity contribution in [2.45, 2.75) is 51.6 Å². The minimum absolute atomic E-state index is 0.0494. The number of urea groups is 1. The van der Waals surface area contributed by atoms with Crippen LogP contribution in [0.4, 0.5) is 4.79 Å². The SMILES string of the molecule is Cc1cnn(CCC(=O)N2CCC(N(CCN3CCCCC3)C(=O)N(C)C)C2)c1. The Hall–Kier alpha value is -2.09. The van der Waals surface area contributed by atoms with E-state index in [1.807, 2.05) is 33.8 Å². The van der Waals surface area contributed by atoms with Gasteiger partial charge in [-0.15, -0.1) is 0 Å². The number of carbonyl (C=O) groups excluding carboxylic acids is 2. The first kappa shape index (κ1) is 21.6. The van der Waals surface area contributed by atoms with Crippen LogP contribution in [0.1, 0.15) is 37.7 Å². The normalized spacial score (nSPS) is 20.1. The van der Waals surface area contributed by atoms with Crippen molar-refractivity contribution >= 4 is 11.9 Å². The van der Waals surface area contributed by atoms with Gasteiger partial charge in [0.15, 0.2) is 0 Å². The summed E-state index contributed by atoms with van der Waals surface area (Å²) in [6.45, 7) is 7.87. The molecule has 8 nitrogen and oxygen atoms in total. The fraction of sp³-hybridized carbons (Fsp3) is 0.762. The van der Waals surface area contributed by atoms with Crippen molar-refractivity contribution in [3.63, 3.8) is 0 Å². The van der Waals surface area contributed by atoms with Crippen LogP contribution in [0.15, 0.2) is 12.4 Å². The van der Waals surface area contributed by atoms with E-state index < -0.39 is 0 Å². The Morgan fingerprint density at radius 3 is 2.55 bits per heavy atom. The topological polar surface area (TPSA) is 64.9 Å². The van der Waals surface area contributed by atoms with Crippen molar-refractivity contribution < 1.29 is 9.59 Å². The van der Waals surface area contributed by atoms with Crippen LogP contribution in [0, 0.1) is 6.92 Å². The molecule has 162 valence electrons. The fourth-order valence-corrected chi connectivity index (χ4v) is 4.30. The van der Waals surface area contributed by atoms with E-state index in [9.17, 15) is 9.59 Å². The number of hydrogen-bond donors (Lipinski definition) is 0. The van der Waals surface area contributed by atoms with Crippen molar-refractivity contribution in [1.29, 1.82) is 0 Å². The molecule has 0 spiro atoms. The number of rotatable bonds is 7. The lowest BCUT2D eigenvalue weighted by Crippen LogP contribution is -2.50. The van der Waals surface area contributed by atoms with Crippen LogP contribution in [0.25, 0.3) is 0 Å². The van der Waals surface area contributed by atoms with E-state index >= 15 is 0 Å². The van der Waals surface area contributed by atoms with Gasteiger partial charge >= 0.3 is 6.03 Å². The average molecular weight is 405 g/mol. The van der Waals surface area contributed by atoms with Gasteiger partial charge in [0.1, 0.15) is 0 Å². The molecule has 1 atom stereocenters. The van der Waals surface area contributed by atoms with Gasteiger partial charge in [0.25, 0.3) is 0 Å². The molecule has 3 amide bonds. The van der Waals surface area contributed by atoms with E-state index in [-0.39, 0.29) is 18.0 Å². The summed E-state index contributed by atoms with van der Waals surface area (Å²) < 4.78 is 1.82. The molecule has 0 aliphatic carbocycles. The summed E-state index contributed by atoms with van der Waals surface area (Å²) in [5, 5.41) is 4.25. The van der Waals surface area contributed by atoms with Gasteiger partial charge in [-0.1, -0.05) is 6.42 Å². The third-order valence-electron chi connectivity index (χ3n) is 6.01. The van der Waals surface area contributed by atoms with Crippen molar-refractivity contribution in [2.75, 3.05) is 53.4 Å². The van der Waals surface area contributed by atoms with E-state index in [2.05, 4.69) is 10.00 Å². The average Bonchev–Trinajstić information content (AvgIpc) is 3.36. The maximum atomic E-state index is 12.8. The highest BCUT2D eigenvalue weighted by Gasteiger charge is 2.33. The van der Waals surface area contributed by atoms with E-state index in [4.69, 9.17) is 0 Å². The molecule has 29 heavy (non-hydrogen) atoms. The minimum atomic E-state index is 0.0494. The molecule has 0 saturated carbocycles. The zero-order chi connectivity index (χ0) is 20.8. The monoisotopic (exact) mass is 404 g/mol.